The first-order chi connectivity index (χ1) is 11.0. The SMILES string of the molecule is C.CC.CC(=O)c1ccc(-c2ccc(C=O)cc2)nc1NC(C)C. The van der Waals surface area contributed by atoms with Gasteiger partial charge in [0, 0.05) is 17.2 Å². The molecule has 0 saturated heterocycles. The molecule has 1 N–H and O–H groups in total. The lowest BCUT2D eigenvalue weighted by molar-refractivity contribution is 0.101. The summed E-state index contributed by atoms with van der Waals surface area (Å²) in [5.41, 5.74) is 2.87. The largest absolute Gasteiger partial charge is 0.367 e. The van der Waals surface area contributed by atoms with Gasteiger partial charge in [-0.15, -0.1) is 0 Å². The van der Waals surface area contributed by atoms with Gasteiger partial charge in [-0.2, -0.15) is 0 Å². The molecule has 0 bridgehead atoms. The van der Waals surface area contributed by atoms with E-state index in [1.54, 1.807) is 18.2 Å². The molecule has 2 rings (SSSR count). The first kappa shape index (κ1) is 21.5. The van der Waals surface area contributed by atoms with Crippen molar-refractivity contribution in [2.75, 3.05) is 5.32 Å². The first-order valence-electron chi connectivity index (χ1n) is 7.85. The van der Waals surface area contributed by atoms with Crippen molar-refractivity contribution in [2.24, 2.45) is 0 Å². The van der Waals surface area contributed by atoms with Crippen LogP contribution in [0.15, 0.2) is 36.4 Å². The minimum Gasteiger partial charge on any atom is -0.367 e. The highest BCUT2D eigenvalue weighted by molar-refractivity contribution is 5.99. The number of hydrogen-bond acceptors (Lipinski definition) is 4. The Morgan fingerprint density at radius 3 is 2.12 bits per heavy atom. The number of nitrogens with one attached hydrogen (secondary N) is 1. The van der Waals surface area contributed by atoms with Crippen molar-refractivity contribution < 1.29 is 9.59 Å². The molecule has 1 heterocycles. The van der Waals surface area contributed by atoms with E-state index in [1.807, 2.05) is 45.9 Å². The molecule has 0 atom stereocenters. The summed E-state index contributed by atoms with van der Waals surface area (Å²) in [6.07, 6.45) is 0.807. The molecule has 2 aromatic rings. The van der Waals surface area contributed by atoms with Gasteiger partial charge in [-0.3, -0.25) is 9.59 Å². The summed E-state index contributed by atoms with van der Waals surface area (Å²) < 4.78 is 0. The average molecular weight is 328 g/mol. The highest BCUT2D eigenvalue weighted by Gasteiger charge is 2.11. The number of carbonyl (C=O) groups is 2. The number of nitrogens with zero attached hydrogens (tertiary/aromatic N) is 1. The van der Waals surface area contributed by atoms with Gasteiger partial charge < -0.3 is 5.32 Å². The third-order valence-corrected chi connectivity index (χ3v) is 3.04. The Balaban J connectivity index is 0.00000170. The summed E-state index contributed by atoms with van der Waals surface area (Å²) in [5, 5.41) is 3.20. The summed E-state index contributed by atoms with van der Waals surface area (Å²) in [6, 6.07) is 11.0. The number of Topliss-reactive ketones (excluding diaryl/α,β-unsaturated/α-hetero) is 1. The van der Waals surface area contributed by atoms with E-state index in [0.717, 1.165) is 17.5 Å². The maximum absolute atomic E-state index is 11.7. The van der Waals surface area contributed by atoms with E-state index in [1.165, 1.54) is 6.92 Å². The minimum absolute atomic E-state index is 0. The predicted molar refractivity (Wildman–Crippen MR) is 102 cm³/mol. The summed E-state index contributed by atoms with van der Waals surface area (Å²) in [7, 11) is 0. The highest BCUT2D eigenvalue weighted by atomic mass is 16.1. The first-order valence-corrected chi connectivity index (χ1v) is 7.85. The summed E-state index contributed by atoms with van der Waals surface area (Å²) in [5.74, 6) is 0.572. The molecule has 0 aliphatic rings. The van der Waals surface area contributed by atoms with Crippen molar-refractivity contribution in [1.29, 1.82) is 0 Å². The standard InChI is InChI=1S/C17H18N2O2.C2H6.CH4/c1-11(2)18-17-15(12(3)21)8-9-16(19-17)14-6-4-13(10-20)5-7-14;1-2;/h4-11H,1-3H3,(H,18,19);1-2H3;1H4. The van der Waals surface area contributed by atoms with Crippen LogP contribution in [0.5, 0.6) is 0 Å². The Labute approximate surface area is 145 Å². The second-order valence-electron chi connectivity index (χ2n) is 5.19. The number of anilines is 1. The Bertz CT molecular complexity index is 662. The van der Waals surface area contributed by atoms with Gasteiger partial charge in [0.15, 0.2) is 5.78 Å². The zero-order valence-corrected chi connectivity index (χ0v) is 14.4. The van der Waals surface area contributed by atoms with Crippen LogP contribution < -0.4 is 5.32 Å². The molecule has 0 aliphatic carbocycles. The normalized spacial score (nSPS) is 9.42. The molecule has 0 aliphatic heterocycles. The van der Waals surface area contributed by atoms with Crippen molar-refractivity contribution in [3.63, 3.8) is 0 Å². The van der Waals surface area contributed by atoms with Crippen LogP contribution in [-0.4, -0.2) is 23.1 Å². The zero-order valence-electron chi connectivity index (χ0n) is 14.4. The van der Waals surface area contributed by atoms with E-state index in [4.69, 9.17) is 0 Å². The molecule has 24 heavy (non-hydrogen) atoms. The van der Waals surface area contributed by atoms with Gasteiger partial charge in [0.05, 0.1) is 11.3 Å². The lowest BCUT2D eigenvalue weighted by Crippen LogP contribution is -2.14. The van der Waals surface area contributed by atoms with Crippen LogP contribution in [0.1, 0.15) is 62.8 Å². The average Bonchev–Trinajstić information content (AvgIpc) is 2.56. The Kier molecular flexibility index (Phi) is 9.25. The van der Waals surface area contributed by atoms with Crippen LogP contribution >= 0.6 is 0 Å². The minimum atomic E-state index is -0.0199. The second-order valence-corrected chi connectivity index (χ2v) is 5.19. The topological polar surface area (TPSA) is 59.1 Å². The van der Waals surface area contributed by atoms with Crippen LogP contribution in [0.25, 0.3) is 11.3 Å². The Morgan fingerprint density at radius 1 is 1.08 bits per heavy atom. The van der Waals surface area contributed by atoms with Gasteiger partial charge in [0.1, 0.15) is 12.1 Å². The number of pyridine rings is 1. The fourth-order valence-corrected chi connectivity index (χ4v) is 2.02. The molecule has 0 fully saturated rings. The number of aromatic nitrogens is 1. The van der Waals surface area contributed by atoms with Gasteiger partial charge in [-0.05, 0) is 32.9 Å². The smallest absolute Gasteiger partial charge is 0.163 e. The lowest BCUT2D eigenvalue weighted by atomic mass is 10.1. The second kappa shape index (κ2) is 10.3. The molecular formula is C20H28N2O2. The van der Waals surface area contributed by atoms with Crippen molar-refractivity contribution in [1.82, 2.24) is 4.98 Å². The highest BCUT2D eigenvalue weighted by Crippen LogP contribution is 2.23. The maximum atomic E-state index is 11.7. The van der Waals surface area contributed by atoms with Gasteiger partial charge in [0.25, 0.3) is 0 Å². The molecule has 0 saturated carbocycles. The van der Waals surface area contributed by atoms with Crippen LogP contribution in [0.4, 0.5) is 5.82 Å². The van der Waals surface area contributed by atoms with Crippen LogP contribution in [0.2, 0.25) is 0 Å². The molecule has 4 heteroatoms. The summed E-state index contributed by atoms with van der Waals surface area (Å²) in [4.78, 5) is 26.9. The number of benzene rings is 1. The van der Waals surface area contributed by atoms with Gasteiger partial charge >= 0.3 is 0 Å². The number of aldehydes is 1. The molecule has 4 nitrogen and oxygen atoms in total. The molecule has 1 aromatic heterocycles. The molecule has 0 spiro atoms. The monoisotopic (exact) mass is 328 g/mol. The van der Waals surface area contributed by atoms with Crippen LogP contribution in [0, 0.1) is 0 Å². The van der Waals surface area contributed by atoms with E-state index < -0.39 is 0 Å². The van der Waals surface area contributed by atoms with Gasteiger partial charge in [-0.25, -0.2) is 4.98 Å². The van der Waals surface area contributed by atoms with E-state index >= 15 is 0 Å². The van der Waals surface area contributed by atoms with Crippen LogP contribution in [0.3, 0.4) is 0 Å². The summed E-state index contributed by atoms with van der Waals surface area (Å²) in [6.45, 7) is 9.52. The van der Waals surface area contributed by atoms with E-state index in [2.05, 4.69) is 10.3 Å². The molecule has 0 radical (unpaired) electrons. The molecule has 0 amide bonds. The Hall–Kier alpha value is -2.49. The number of carbonyl (C=O) groups excluding carboxylic acids is 2. The van der Waals surface area contributed by atoms with Crippen molar-refractivity contribution in [2.45, 2.75) is 48.1 Å². The molecular weight excluding hydrogens is 300 g/mol. The van der Waals surface area contributed by atoms with Gasteiger partial charge in [0.2, 0.25) is 0 Å². The number of hydrogen-bond donors (Lipinski definition) is 1. The zero-order chi connectivity index (χ0) is 17.4. The fourth-order valence-electron chi connectivity index (χ4n) is 2.02. The van der Waals surface area contributed by atoms with Crippen molar-refractivity contribution >= 4 is 17.9 Å². The van der Waals surface area contributed by atoms with Crippen molar-refractivity contribution in [3.8, 4) is 11.3 Å². The quantitative estimate of drug-likeness (QED) is 0.602. The fraction of sp³-hybridized carbons (Fsp3) is 0.350. The summed E-state index contributed by atoms with van der Waals surface area (Å²) >= 11 is 0. The third-order valence-electron chi connectivity index (χ3n) is 3.04. The van der Waals surface area contributed by atoms with E-state index in [-0.39, 0.29) is 19.3 Å². The molecule has 1 aromatic carbocycles. The van der Waals surface area contributed by atoms with E-state index in [9.17, 15) is 9.59 Å². The maximum Gasteiger partial charge on any atom is 0.163 e. The predicted octanol–water partition coefficient (Wildman–Crippen LogP) is 5.25. The van der Waals surface area contributed by atoms with Gasteiger partial charge in [-0.1, -0.05) is 45.5 Å². The number of ketones is 1. The Morgan fingerprint density at radius 2 is 1.67 bits per heavy atom. The number of rotatable bonds is 5. The van der Waals surface area contributed by atoms with E-state index in [0.29, 0.717) is 16.9 Å². The lowest BCUT2D eigenvalue weighted by Gasteiger charge is -2.14. The van der Waals surface area contributed by atoms with Crippen molar-refractivity contribution in [3.05, 3.63) is 47.5 Å². The third kappa shape index (κ3) is 5.61. The molecule has 0 unspecified atom stereocenters. The van der Waals surface area contributed by atoms with Crippen LogP contribution in [-0.2, 0) is 0 Å². The molecule has 130 valence electrons.